The molecular formula is C14H19FN2S. The van der Waals surface area contributed by atoms with Gasteiger partial charge in [0.1, 0.15) is 5.82 Å². The number of hydrogen-bond acceptors (Lipinski definition) is 3. The molecule has 0 atom stereocenters. The summed E-state index contributed by atoms with van der Waals surface area (Å²) in [6.45, 7) is 2.99. The van der Waals surface area contributed by atoms with Crippen molar-refractivity contribution in [2.45, 2.75) is 13.0 Å². The van der Waals surface area contributed by atoms with Gasteiger partial charge in [-0.1, -0.05) is 0 Å². The van der Waals surface area contributed by atoms with Crippen LogP contribution in [0.2, 0.25) is 0 Å². The first kappa shape index (κ1) is 13.5. The van der Waals surface area contributed by atoms with Crippen molar-refractivity contribution in [1.82, 2.24) is 10.2 Å². The van der Waals surface area contributed by atoms with Gasteiger partial charge < -0.3 is 10.2 Å². The molecular weight excluding hydrogens is 247 g/mol. The van der Waals surface area contributed by atoms with Crippen LogP contribution in [0.15, 0.2) is 24.3 Å². The number of nitrogens with zero attached hydrogens (tertiary/aromatic N) is 1. The van der Waals surface area contributed by atoms with Gasteiger partial charge in [0.15, 0.2) is 0 Å². The minimum atomic E-state index is -0.161. The van der Waals surface area contributed by atoms with E-state index in [2.05, 4.69) is 30.4 Å². The van der Waals surface area contributed by atoms with Crippen LogP contribution in [-0.2, 0) is 6.54 Å². The van der Waals surface area contributed by atoms with Crippen LogP contribution in [0.3, 0.4) is 0 Å². The fourth-order valence-corrected chi connectivity index (χ4v) is 2.90. The van der Waals surface area contributed by atoms with E-state index in [4.69, 9.17) is 0 Å². The molecule has 0 aliphatic rings. The Labute approximate surface area is 111 Å². The van der Waals surface area contributed by atoms with Crippen molar-refractivity contribution in [3.05, 3.63) is 35.0 Å². The van der Waals surface area contributed by atoms with Crippen molar-refractivity contribution in [3.63, 3.8) is 0 Å². The summed E-state index contributed by atoms with van der Waals surface area (Å²) in [5.74, 6) is -0.161. The molecule has 4 heteroatoms. The molecule has 18 heavy (non-hydrogen) atoms. The van der Waals surface area contributed by atoms with Crippen LogP contribution in [0.4, 0.5) is 4.39 Å². The Morgan fingerprint density at radius 2 is 2.11 bits per heavy atom. The molecule has 1 heterocycles. The van der Waals surface area contributed by atoms with Crippen molar-refractivity contribution < 1.29 is 4.39 Å². The second-order valence-electron chi connectivity index (χ2n) is 4.73. The summed E-state index contributed by atoms with van der Waals surface area (Å²) in [4.78, 5) is 3.45. The largest absolute Gasteiger partial charge is 0.312 e. The lowest BCUT2D eigenvalue weighted by Gasteiger charge is -2.09. The monoisotopic (exact) mass is 266 g/mol. The molecule has 0 aliphatic carbocycles. The van der Waals surface area contributed by atoms with Gasteiger partial charge in [-0.2, -0.15) is 0 Å². The van der Waals surface area contributed by atoms with Crippen LogP contribution in [0, 0.1) is 5.82 Å². The molecule has 0 radical (unpaired) electrons. The maximum atomic E-state index is 13.1. The standard InChI is InChI=1S/C14H19FN2S/c1-17(2)7-3-6-16-10-13-9-11-8-12(15)4-5-14(11)18-13/h4-5,8-9,16H,3,6-7,10H2,1-2H3. The zero-order valence-corrected chi connectivity index (χ0v) is 11.7. The highest BCUT2D eigenvalue weighted by Gasteiger charge is 2.02. The first-order chi connectivity index (χ1) is 8.65. The summed E-state index contributed by atoms with van der Waals surface area (Å²) in [5.41, 5.74) is 0. The number of rotatable bonds is 6. The minimum Gasteiger partial charge on any atom is -0.312 e. The van der Waals surface area contributed by atoms with E-state index in [1.807, 2.05) is 6.07 Å². The van der Waals surface area contributed by atoms with Gasteiger partial charge in [-0.25, -0.2) is 4.39 Å². The molecule has 1 aromatic carbocycles. The number of halogens is 1. The number of hydrogen-bond donors (Lipinski definition) is 1. The molecule has 0 aliphatic heterocycles. The fourth-order valence-electron chi connectivity index (χ4n) is 1.89. The highest BCUT2D eigenvalue weighted by molar-refractivity contribution is 7.19. The first-order valence-electron chi connectivity index (χ1n) is 6.18. The third-order valence-electron chi connectivity index (χ3n) is 2.79. The van der Waals surface area contributed by atoms with E-state index in [0.717, 1.165) is 36.1 Å². The van der Waals surface area contributed by atoms with Gasteiger partial charge in [0.05, 0.1) is 0 Å². The molecule has 0 bridgehead atoms. The normalized spacial score (nSPS) is 11.6. The predicted octanol–water partition coefficient (Wildman–Crippen LogP) is 3.08. The molecule has 2 rings (SSSR count). The van der Waals surface area contributed by atoms with Crippen molar-refractivity contribution in [3.8, 4) is 0 Å². The van der Waals surface area contributed by atoms with Gasteiger partial charge in [-0.15, -0.1) is 11.3 Å². The third kappa shape index (κ3) is 3.77. The average molecular weight is 266 g/mol. The van der Waals surface area contributed by atoms with Gasteiger partial charge in [-0.05, 0) is 63.3 Å². The molecule has 98 valence electrons. The number of fused-ring (bicyclic) bond motifs is 1. The summed E-state index contributed by atoms with van der Waals surface area (Å²) in [7, 11) is 4.17. The minimum absolute atomic E-state index is 0.161. The van der Waals surface area contributed by atoms with Crippen LogP contribution >= 0.6 is 11.3 Å². The molecule has 1 N–H and O–H groups in total. The average Bonchev–Trinajstić information content (AvgIpc) is 2.70. The van der Waals surface area contributed by atoms with Crippen molar-refractivity contribution in [1.29, 1.82) is 0 Å². The molecule has 0 saturated carbocycles. The lowest BCUT2D eigenvalue weighted by atomic mass is 10.2. The van der Waals surface area contributed by atoms with Gasteiger partial charge in [0.2, 0.25) is 0 Å². The summed E-state index contributed by atoms with van der Waals surface area (Å²) in [6.07, 6.45) is 1.15. The van der Waals surface area contributed by atoms with Gasteiger partial charge in [0, 0.05) is 16.1 Å². The Hall–Kier alpha value is -0.970. The molecule has 0 spiro atoms. The zero-order chi connectivity index (χ0) is 13.0. The van der Waals surface area contributed by atoms with E-state index in [-0.39, 0.29) is 5.82 Å². The predicted molar refractivity (Wildman–Crippen MR) is 76.7 cm³/mol. The highest BCUT2D eigenvalue weighted by Crippen LogP contribution is 2.26. The van der Waals surface area contributed by atoms with Crippen molar-refractivity contribution in [2.24, 2.45) is 0 Å². The van der Waals surface area contributed by atoms with E-state index >= 15 is 0 Å². The smallest absolute Gasteiger partial charge is 0.123 e. The fraction of sp³-hybridized carbons (Fsp3) is 0.429. The second kappa shape index (κ2) is 6.27. The van der Waals surface area contributed by atoms with Crippen molar-refractivity contribution >= 4 is 21.4 Å². The first-order valence-corrected chi connectivity index (χ1v) is 7.00. The lowest BCUT2D eigenvalue weighted by Crippen LogP contribution is -2.20. The van der Waals surface area contributed by atoms with E-state index in [9.17, 15) is 4.39 Å². The Kier molecular flexibility index (Phi) is 4.69. The highest BCUT2D eigenvalue weighted by atomic mass is 32.1. The number of thiophene rings is 1. The molecule has 2 aromatic rings. The van der Waals surface area contributed by atoms with Crippen LogP contribution in [0.5, 0.6) is 0 Å². The number of nitrogens with one attached hydrogen (secondary N) is 1. The van der Waals surface area contributed by atoms with E-state index < -0.39 is 0 Å². The Morgan fingerprint density at radius 1 is 1.28 bits per heavy atom. The summed E-state index contributed by atoms with van der Waals surface area (Å²) in [5, 5.41) is 4.43. The molecule has 0 amide bonds. The van der Waals surface area contributed by atoms with E-state index in [1.165, 1.54) is 10.9 Å². The topological polar surface area (TPSA) is 15.3 Å². The summed E-state index contributed by atoms with van der Waals surface area (Å²) < 4.78 is 14.2. The van der Waals surface area contributed by atoms with Crippen LogP contribution in [-0.4, -0.2) is 32.1 Å². The summed E-state index contributed by atoms with van der Waals surface area (Å²) >= 11 is 1.73. The lowest BCUT2D eigenvalue weighted by molar-refractivity contribution is 0.394. The molecule has 0 saturated heterocycles. The zero-order valence-electron chi connectivity index (χ0n) is 10.9. The van der Waals surface area contributed by atoms with Crippen LogP contribution in [0.1, 0.15) is 11.3 Å². The molecule has 0 fully saturated rings. The maximum Gasteiger partial charge on any atom is 0.123 e. The second-order valence-corrected chi connectivity index (χ2v) is 5.90. The van der Waals surface area contributed by atoms with Gasteiger partial charge in [-0.3, -0.25) is 0 Å². The Bertz CT molecular complexity index is 507. The molecule has 2 nitrogen and oxygen atoms in total. The molecule has 1 aromatic heterocycles. The Morgan fingerprint density at radius 3 is 2.89 bits per heavy atom. The SMILES string of the molecule is CN(C)CCCNCc1cc2cc(F)ccc2s1. The van der Waals surface area contributed by atoms with Crippen LogP contribution in [0.25, 0.3) is 10.1 Å². The third-order valence-corrected chi connectivity index (χ3v) is 3.90. The quantitative estimate of drug-likeness (QED) is 0.808. The Balaban J connectivity index is 1.84. The van der Waals surface area contributed by atoms with Gasteiger partial charge in [0.25, 0.3) is 0 Å². The number of benzene rings is 1. The molecule has 0 unspecified atom stereocenters. The maximum absolute atomic E-state index is 13.1. The van der Waals surface area contributed by atoms with E-state index in [1.54, 1.807) is 17.4 Å². The van der Waals surface area contributed by atoms with E-state index in [0.29, 0.717) is 0 Å². The summed E-state index contributed by atoms with van der Waals surface area (Å²) in [6, 6.07) is 7.04. The van der Waals surface area contributed by atoms with Gasteiger partial charge >= 0.3 is 0 Å². The van der Waals surface area contributed by atoms with Crippen molar-refractivity contribution in [2.75, 3.05) is 27.2 Å². The van der Waals surface area contributed by atoms with Crippen LogP contribution < -0.4 is 5.32 Å².